The van der Waals surface area contributed by atoms with E-state index in [-0.39, 0.29) is 24.6 Å². The van der Waals surface area contributed by atoms with Gasteiger partial charge in [0.2, 0.25) is 0 Å². The minimum absolute atomic E-state index is 0.00865. The quantitative estimate of drug-likeness (QED) is 0.526. The maximum Gasteiger partial charge on any atom is 0.306 e. The van der Waals surface area contributed by atoms with Crippen LogP contribution in [0.3, 0.4) is 0 Å². The third-order valence-corrected chi connectivity index (χ3v) is 3.19. The molecule has 0 aliphatic rings. The Balaban J connectivity index is 3.89. The highest BCUT2D eigenvalue weighted by Gasteiger charge is 2.20. The first-order valence-corrected chi connectivity index (χ1v) is 7.35. The topological polar surface area (TPSA) is 80.7 Å². The van der Waals surface area contributed by atoms with E-state index in [0.717, 1.165) is 19.3 Å². The molecule has 0 rings (SSSR count). The zero-order chi connectivity index (χ0) is 15.4. The SMILES string of the molecule is CCOCC(=O)CC(CCCCCC(=O)CC)C(=O)O. The van der Waals surface area contributed by atoms with E-state index in [1.165, 1.54) is 0 Å². The maximum absolute atomic E-state index is 11.5. The lowest BCUT2D eigenvalue weighted by Gasteiger charge is -2.11. The van der Waals surface area contributed by atoms with Crippen LogP contribution in [-0.4, -0.2) is 35.9 Å². The van der Waals surface area contributed by atoms with Crippen LogP contribution >= 0.6 is 0 Å². The molecule has 0 spiro atoms. The second-order valence-electron chi connectivity index (χ2n) is 4.91. The van der Waals surface area contributed by atoms with Crippen molar-refractivity contribution >= 4 is 17.5 Å². The average Bonchev–Trinajstić information content (AvgIpc) is 2.42. The molecule has 0 aromatic rings. The Morgan fingerprint density at radius 2 is 1.75 bits per heavy atom. The second kappa shape index (κ2) is 11.6. The molecule has 0 amide bonds. The Hall–Kier alpha value is -1.23. The van der Waals surface area contributed by atoms with Crippen LogP contribution in [-0.2, 0) is 19.1 Å². The van der Waals surface area contributed by atoms with E-state index in [0.29, 0.717) is 25.9 Å². The van der Waals surface area contributed by atoms with Crippen molar-refractivity contribution in [2.24, 2.45) is 5.92 Å². The van der Waals surface area contributed by atoms with Gasteiger partial charge in [0.1, 0.15) is 12.4 Å². The molecule has 1 unspecified atom stereocenters. The zero-order valence-corrected chi connectivity index (χ0v) is 12.5. The predicted octanol–water partition coefficient (Wildman–Crippen LogP) is 2.61. The molecule has 0 bridgehead atoms. The number of hydrogen-bond donors (Lipinski definition) is 1. The molecule has 116 valence electrons. The molecule has 0 aromatic heterocycles. The lowest BCUT2D eigenvalue weighted by Crippen LogP contribution is -2.20. The van der Waals surface area contributed by atoms with Crippen molar-refractivity contribution in [3.63, 3.8) is 0 Å². The van der Waals surface area contributed by atoms with Crippen molar-refractivity contribution < 1.29 is 24.2 Å². The fraction of sp³-hybridized carbons (Fsp3) is 0.800. The summed E-state index contributed by atoms with van der Waals surface area (Å²) in [5.74, 6) is -1.49. The number of carbonyl (C=O) groups is 3. The van der Waals surface area contributed by atoms with Gasteiger partial charge in [-0.25, -0.2) is 0 Å². The number of Topliss-reactive ketones (excluding diaryl/α,β-unsaturated/α-hetero) is 2. The summed E-state index contributed by atoms with van der Waals surface area (Å²) in [6, 6.07) is 0. The molecule has 0 saturated heterocycles. The van der Waals surface area contributed by atoms with Gasteiger partial charge >= 0.3 is 5.97 Å². The smallest absolute Gasteiger partial charge is 0.306 e. The number of ketones is 2. The summed E-state index contributed by atoms with van der Waals surface area (Å²) in [4.78, 5) is 33.7. The van der Waals surface area contributed by atoms with Gasteiger partial charge in [0, 0.05) is 25.9 Å². The molecular formula is C15H26O5. The van der Waals surface area contributed by atoms with E-state index in [2.05, 4.69) is 0 Å². The van der Waals surface area contributed by atoms with Crippen LogP contribution in [0.15, 0.2) is 0 Å². The summed E-state index contributed by atoms with van der Waals surface area (Å²) >= 11 is 0. The van der Waals surface area contributed by atoms with Crippen LogP contribution in [0.2, 0.25) is 0 Å². The van der Waals surface area contributed by atoms with Crippen molar-refractivity contribution in [1.82, 2.24) is 0 Å². The van der Waals surface area contributed by atoms with Crippen LogP contribution < -0.4 is 0 Å². The van der Waals surface area contributed by atoms with Gasteiger partial charge < -0.3 is 9.84 Å². The number of aliphatic carboxylic acids is 1. The van der Waals surface area contributed by atoms with Crippen LogP contribution in [0, 0.1) is 5.92 Å². The zero-order valence-electron chi connectivity index (χ0n) is 12.5. The predicted molar refractivity (Wildman–Crippen MR) is 75.6 cm³/mol. The highest BCUT2D eigenvalue weighted by atomic mass is 16.5. The fourth-order valence-corrected chi connectivity index (χ4v) is 1.93. The summed E-state index contributed by atoms with van der Waals surface area (Å²) < 4.78 is 4.98. The Bertz CT molecular complexity index is 311. The van der Waals surface area contributed by atoms with E-state index < -0.39 is 11.9 Å². The van der Waals surface area contributed by atoms with Gasteiger partial charge in [-0.05, 0) is 19.8 Å². The molecule has 0 radical (unpaired) electrons. The van der Waals surface area contributed by atoms with Crippen molar-refractivity contribution in [1.29, 1.82) is 0 Å². The third-order valence-electron chi connectivity index (χ3n) is 3.19. The fourth-order valence-electron chi connectivity index (χ4n) is 1.93. The first kappa shape index (κ1) is 18.8. The number of ether oxygens (including phenoxy) is 1. The number of rotatable bonds is 13. The second-order valence-corrected chi connectivity index (χ2v) is 4.91. The molecule has 0 aliphatic carbocycles. The summed E-state index contributed by atoms with van der Waals surface area (Å²) in [5, 5.41) is 9.08. The molecule has 1 N–H and O–H groups in total. The van der Waals surface area contributed by atoms with Gasteiger partial charge in [-0.2, -0.15) is 0 Å². The molecule has 0 saturated carbocycles. The molecule has 20 heavy (non-hydrogen) atoms. The summed E-state index contributed by atoms with van der Waals surface area (Å²) in [5.41, 5.74) is 0. The first-order valence-electron chi connectivity index (χ1n) is 7.35. The van der Waals surface area contributed by atoms with E-state index in [9.17, 15) is 14.4 Å². The largest absolute Gasteiger partial charge is 0.481 e. The summed E-state index contributed by atoms with van der Waals surface area (Å²) in [6.07, 6.45) is 3.99. The van der Waals surface area contributed by atoms with E-state index >= 15 is 0 Å². The summed E-state index contributed by atoms with van der Waals surface area (Å²) in [7, 11) is 0. The molecule has 1 atom stereocenters. The molecule has 5 heteroatoms. The highest BCUT2D eigenvalue weighted by Crippen LogP contribution is 2.16. The van der Waals surface area contributed by atoms with Gasteiger partial charge in [-0.15, -0.1) is 0 Å². The number of carboxylic acid groups (broad SMARTS) is 1. The molecule has 0 aromatic carbocycles. The minimum Gasteiger partial charge on any atom is -0.481 e. The Morgan fingerprint density at radius 3 is 2.30 bits per heavy atom. The van der Waals surface area contributed by atoms with E-state index in [1.807, 2.05) is 6.92 Å². The molecule has 5 nitrogen and oxygen atoms in total. The maximum atomic E-state index is 11.5. The number of unbranched alkanes of at least 4 members (excludes halogenated alkanes) is 2. The van der Waals surface area contributed by atoms with Crippen molar-refractivity contribution in [2.75, 3.05) is 13.2 Å². The lowest BCUT2D eigenvalue weighted by atomic mass is 9.95. The van der Waals surface area contributed by atoms with Gasteiger partial charge in [0.15, 0.2) is 5.78 Å². The van der Waals surface area contributed by atoms with E-state index in [1.54, 1.807) is 6.92 Å². The normalized spacial score (nSPS) is 12.1. The average molecular weight is 286 g/mol. The minimum atomic E-state index is -0.931. The van der Waals surface area contributed by atoms with Crippen LogP contribution in [0.4, 0.5) is 0 Å². The molecule has 0 fully saturated rings. The molecular weight excluding hydrogens is 260 g/mol. The monoisotopic (exact) mass is 286 g/mol. The van der Waals surface area contributed by atoms with Crippen molar-refractivity contribution in [3.8, 4) is 0 Å². The number of carbonyl (C=O) groups excluding carboxylic acids is 2. The van der Waals surface area contributed by atoms with E-state index in [4.69, 9.17) is 9.84 Å². The van der Waals surface area contributed by atoms with Crippen LogP contribution in [0.1, 0.15) is 58.8 Å². The number of hydrogen-bond acceptors (Lipinski definition) is 4. The Kier molecular flexibility index (Phi) is 10.9. The van der Waals surface area contributed by atoms with Crippen molar-refractivity contribution in [2.45, 2.75) is 58.8 Å². The number of carboxylic acids is 1. The standard InChI is InChI=1S/C15H26O5/c1-3-13(16)9-7-5-6-8-12(15(18)19)10-14(17)11-20-4-2/h12H,3-11H2,1-2H3,(H,18,19). The Labute approximate surface area is 120 Å². The van der Waals surface area contributed by atoms with Crippen LogP contribution in [0.5, 0.6) is 0 Å². The summed E-state index contributed by atoms with van der Waals surface area (Å²) in [6.45, 7) is 4.08. The van der Waals surface area contributed by atoms with Gasteiger partial charge in [-0.3, -0.25) is 14.4 Å². The van der Waals surface area contributed by atoms with Gasteiger partial charge in [0.05, 0.1) is 5.92 Å². The molecule has 0 aliphatic heterocycles. The van der Waals surface area contributed by atoms with Gasteiger partial charge in [-0.1, -0.05) is 19.8 Å². The lowest BCUT2D eigenvalue weighted by molar-refractivity contribution is -0.144. The third kappa shape index (κ3) is 9.67. The van der Waals surface area contributed by atoms with Crippen LogP contribution in [0.25, 0.3) is 0 Å². The molecule has 0 heterocycles. The highest BCUT2D eigenvalue weighted by molar-refractivity contribution is 5.84. The van der Waals surface area contributed by atoms with Gasteiger partial charge in [0.25, 0.3) is 0 Å². The Morgan fingerprint density at radius 1 is 1.05 bits per heavy atom. The first-order chi connectivity index (χ1) is 9.51. The van der Waals surface area contributed by atoms with Crippen molar-refractivity contribution in [3.05, 3.63) is 0 Å².